The minimum atomic E-state index is -3.31. The summed E-state index contributed by atoms with van der Waals surface area (Å²) in [6.45, 7) is 0.912. The van der Waals surface area contributed by atoms with Gasteiger partial charge in [-0.05, 0) is 31.5 Å². The summed E-state index contributed by atoms with van der Waals surface area (Å²) in [4.78, 5) is 0.293. The lowest BCUT2D eigenvalue weighted by molar-refractivity contribution is 0.174. The highest BCUT2D eigenvalue weighted by Crippen LogP contribution is 2.35. The molecule has 1 saturated heterocycles. The van der Waals surface area contributed by atoms with Gasteiger partial charge in [0.25, 0.3) is 0 Å². The maximum Gasteiger partial charge on any atom is 0.231 e. The van der Waals surface area contributed by atoms with Gasteiger partial charge >= 0.3 is 0 Å². The van der Waals surface area contributed by atoms with Crippen molar-refractivity contribution in [2.24, 2.45) is 0 Å². The third-order valence-corrected chi connectivity index (χ3v) is 5.12. The summed E-state index contributed by atoms with van der Waals surface area (Å²) in [5.41, 5.74) is 0. The van der Waals surface area contributed by atoms with Gasteiger partial charge in [-0.3, -0.25) is 0 Å². The van der Waals surface area contributed by atoms with Crippen molar-refractivity contribution in [2.75, 3.05) is 13.3 Å². The maximum atomic E-state index is 12.3. The van der Waals surface area contributed by atoms with Crippen molar-refractivity contribution in [3.8, 4) is 11.5 Å². The Hall–Kier alpha value is -1.27. The predicted octanol–water partition coefficient (Wildman–Crippen LogP) is 0.899. The summed E-state index contributed by atoms with van der Waals surface area (Å²) in [5.74, 6) is 1.10. The highest BCUT2D eigenvalue weighted by atomic mass is 32.2. The van der Waals surface area contributed by atoms with E-state index in [1.54, 1.807) is 12.1 Å². The summed E-state index contributed by atoms with van der Waals surface area (Å²) in [6.07, 6.45) is 1.56. The topological polar surface area (TPSA) is 64.6 Å². The second kappa shape index (κ2) is 3.89. The second-order valence-corrected chi connectivity index (χ2v) is 6.28. The van der Waals surface area contributed by atoms with Crippen LogP contribution in [-0.2, 0) is 9.84 Å². The summed E-state index contributed by atoms with van der Waals surface area (Å²) in [6, 6.07) is 4.75. The monoisotopic (exact) mass is 255 g/mol. The Kier molecular flexibility index (Phi) is 2.48. The molecule has 3 rings (SSSR count). The van der Waals surface area contributed by atoms with Gasteiger partial charge in [-0.2, -0.15) is 0 Å². The van der Waals surface area contributed by atoms with Crippen molar-refractivity contribution in [1.29, 1.82) is 0 Å². The van der Waals surface area contributed by atoms with Crippen molar-refractivity contribution in [1.82, 2.24) is 5.32 Å². The molecule has 0 bridgehead atoms. The fraction of sp³-hybridized carbons (Fsp3) is 0.455. The average Bonchev–Trinajstić information content (AvgIpc) is 2.99. The van der Waals surface area contributed by atoms with Crippen molar-refractivity contribution in [2.45, 2.75) is 23.1 Å². The number of ether oxygens (including phenoxy) is 2. The molecule has 1 N–H and O–H groups in total. The van der Waals surface area contributed by atoms with Crippen LogP contribution in [0.15, 0.2) is 23.1 Å². The normalized spacial score (nSPS) is 22.9. The first-order valence-electron chi connectivity index (χ1n) is 5.55. The van der Waals surface area contributed by atoms with E-state index in [-0.39, 0.29) is 6.79 Å². The Morgan fingerprint density at radius 2 is 2.06 bits per heavy atom. The molecule has 0 spiro atoms. The number of hydrogen-bond acceptors (Lipinski definition) is 5. The number of rotatable bonds is 2. The van der Waals surface area contributed by atoms with Gasteiger partial charge in [0.2, 0.25) is 6.79 Å². The molecule has 2 aliphatic heterocycles. The zero-order chi connectivity index (χ0) is 11.9. The minimum Gasteiger partial charge on any atom is -0.454 e. The fourth-order valence-corrected chi connectivity index (χ4v) is 3.81. The molecule has 0 aliphatic carbocycles. The van der Waals surface area contributed by atoms with Crippen LogP contribution in [0.1, 0.15) is 12.8 Å². The van der Waals surface area contributed by atoms with E-state index in [4.69, 9.17) is 9.47 Å². The van der Waals surface area contributed by atoms with Gasteiger partial charge in [-0.25, -0.2) is 8.42 Å². The van der Waals surface area contributed by atoms with Crippen molar-refractivity contribution in [3.05, 3.63) is 18.2 Å². The number of fused-ring (bicyclic) bond motifs is 1. The highest BCUT2D eigenvalue weighted by Gasteiger charge is 2.31. The molecular formula is C11H13NO4S. The Labute approximate surface area is 99.6 Å². The van der Waals surface area contributed by atoms with E-state index >= 15 is 0 Å². The van der Waals surface area contributed by atoms with Gasteiger partial charge in [0.05, 0.1) is 4.90 Å². The van der Waals surface area contributed by atoms with Gasteiger partial charge in [-0.15, -0.1) is 0 Å². The lowest BCUT2D eigenvalue weighted by Crippen LogP contribution is -2.30. The van der Waals surface area contributed by atoms with Gasteiger partial charge in [0.15, 0.2) is 21.3 Å². The first-order chi connectivity index (χ1) is 8.18. The first-order valence-corrected chi connectivity index (χ1v) is 7.09. The zero-order valence-electron chi connectivity index (χ0n) is 9.18. The third-order valence-electron chi connectivity index (χ3n) is 3.06. The number of nitrogens with one attached hydrogen (secondary N) is 1. The van der Waals surface area contributed by atoms with Crippen molar-refractivity contribution < 1.29 is 17.9 Å². The second-order valence-electron chi connectivity index (χ2n) is 4.15. The molecule has 1 atom stereocenters. The Morgan fingerprint density at radius 1 is 1.24 bits per heavy atom. The van der Waals surface area contributed by atoms with E-state index in [1.807, 2.05) is 0 Å². The minimum absolute atomic E-state index is 0.153. The molecule has 6 heteroatoms. The number of hydrogen-bond donors (Lipinski definition) is 1. The first kappa shape index (κ1) is 10.9. The molecule has 5 nitrogen and oxygen atoms in total. The van der Waals surface area contributed by atoms with Gasteiger partial charge < -0.3 is 14.8 Å². The Balaban J connectivity index is 1.98. The van der Waals surface area contributed by atoms with Gasteiger partial charge in [0, 0.05) is 6.07 Å². The van der Waals surface area contributed by atoms with E-state index < -0.39 is 15.2 Å². The molecule has 0 aromatic heterocycles. The molecule has 17 heavy (non-hydrogen) atoms. The van der Waals surface area contributed by atoms with Crippen LogP contribution in [0.25, 0.3) is 0 Å². The molecule has 2 aliphatic rings. The molecule has 1 fully saturated rings. The maximum absolute atomic E-state index is 12.3. The van der Waals surface area contributed by atoms with Gasteiger partial charge in [0.1, 0.15) is 5.37 Å². The fourth-order valence-electron chi connectivity index (χ4n) is 2.14. The molecule has 0 amide bonds. The smallest absolute Gasteiger partial charge is 0.231 e. The van der Waals surface area contributed by atoms with Crippen LogP contribution in [0.3, 0.4) is 0 Å². The molecule has 92 valence electrons. The molecule has 1 unspecified atom stereocenters. The molecular weight excluding hydrogens is 242 g/mol. The van der Waals surface area contributed by atoms with Crippen LogP contribution in [0.5, 0.6) is 11.5 Å². The summed E-state index contributed by atoms with van der Waals surface area (Å²) < 4.78 is 34.9. The lowest BCUT2D eigenvalue weighted by atomic mass is 10.3. The molecule has 2 heterocycles. The van der Waals surface area contributed by atoms with E-state index in [0.717, 1.165) is 13.0 Å². The highest BCUT2D eigenvalue weighted by molar-refractivity contribution is 7.92. The van der Waals surface area contributed by atoms with Crippen LogP contribution in [-0.4, -0.2) is 27.1 Å². The summed E-state index contributed by atoms with van der Waals surface area (Å²) in [5, 5.41) is 2.53. The molecule has 1 aromatic rings. The SMILES string of the molecule is O=S(=O)(c1ccc2c(c1)OCO2)C1CCCN1. The zero-order valence-corrected chi connectivity index (χ0v) is 10.00. The third kappa shape index (κ3) is 1.77. The largest absolute Gasteiger partial charge is 0.454 e. The van der Waals surface area contributed by atoms with Gasteiger partial charge in [-0.1, -0.05) is 0 Å². The standard InChI is InChI=1S/C11H13NO4S/c13-17(14,11-2-1-5-12-11)8-3-4-9-10(6-8)16-7-15-9/h3-4,6,11-12H,1-2,5,7H2. The average molecular weight is 255 g/mol. The van der Waals surface area contributed by atoms with Crippen LogP contribution in [0, 0.1) is 0 Å². The number of sulfone groups is 1. The van der Waals surface area contributed by atoms with Crippen LogP contribution < -0.4 is 14.8 Å². The lowest BCUT2D eigenvalue weighted by Gasteiger charge is -2.12. The van der Waals surface area contributed by atoms with E-state index in [1.165, 1.54) is 6.07 Å². The molecule has 0 radical (unpaired) electrons. The van der Waals surface area contributed by atoms with E-state index in [9.17, 15) is 8.42 Å². The van der Waals surface area contributed by atoms with E-state index in [0.29, 0.717) is 22.8 Å². The Bertz CT molecular complexity index is 534. The molecule has 1 aromatic carbocycles. The van der Waals surface area contributed by atoms with Crippen molar-refractivity contribution in [3.63, 3.8) is 0 Å². The summed E-state index contributed by atoms with van der Waals surface area (Å²) >= 11 is 0. The van der Waals surface area contributed by atoms with E-state index in [2.05, 4.69) is 5.32 Å². The van der Waals surface area contributed by atoms with Crippen LogP contribution in [0.2, 0.25) is 0 Å². The van der Waals surface area contributed by atoms with Crippen LogP contribution >= 0.6 is 0 Å². The predicted molar refractivity (Wildman–Crippen MR) is 60.8 cm³/mol. The van der Waals surface area contributed by atoms with Crippen LogP contribution in [0.4, 0.5) is 0 Å². The van der Waals surface area contributed by atoms with Crippen molar-refractivity contribution >= 4 is 9.84 Å². The Morgan fingerprint density at radius 3 is 2.82 bits per heavy atom. The number of benzene rings is 1. The quantitative estimate of drug-likeness (QED) is 0.850. The summed E-state index contributed by atoms with van der Waals surface area (Å²) in [7, 11) is -3.31. The molecule has 0 saturated carbocycles.